The molecule has 1 aromatic rings. The summed E-state index contributed by atoms with van der Waals surface area (Å²) in [5.74, 6) is 1.78. The van der Waals surface area contributed by atoms with E-state index in [9.17, 15) is 4.79 Å². The van der Waals surface area contributed by atoms with Gasteiger partial charge in [-0.05, 0) is 12.1 Å². The molecule has 4 heteroatoms. The minimum Gasteiger partial charge on any atom is -0.460 e. The van der Waals surface area contributed by atoms with Crippen LogP contribution in [0, 0.1) is 0 Å². The summed E-state index contributed by atoms with van der Waals surface area (Å²) in [5, 5.41) is 0. The summed E-state index contributed by atoms with van der Waals surface area (Å²) in [6.45, 7) is 0.794. The number of thioether (sulfide) groups is 1. The highest BCUT2D eigenvalue weighted by Crippen LogP contribution is 2.35. The molecule has 3 nitrogen and oxygen atoms in total. The predicted molar refractivity (Wildman–Crippen MR) is 54.4 cm³/mol. The number of hydrogen-bond donors (Lipinski definition) is 0. The van der Waals surface area contributed by atoms with E-state index in [1.54, 1.807) is 16.7 Å². The second-order valence-corrected chi connectivity index (χ2v) is 4.44. The molecule has 0 N–H and O–H groups in total. The lowest BCUT2D eigenvalue weighted by molar-refractivity contribution is 0.0487. The van der Waals surface area contributed by atoms with Gasteiger partial charge in [0.1, 0.15) is 5.75 Å². The Kier molecular flexibility index (Phi) is 1.70. The Labute approximate surface area is 86.0 Å². The van der Waals surface area contributed by atoms with Crippen molar-refractivity contribution in [2.75, 3.05) is 12.3 Å². The number of para-hydroxylation sites is 1. The van der Waals surface area contributed by atoms with Crippen molar-refractivity contribution in [2.45, 2.75) is 5.56 Å². The van der Waals surface area contributed by atoms with E-state index >= 15 is 0 Å². The zero-order chi connectivity index (χ0) is 9.54. The van der Waals surface area contributed by atoms with Crippen LogP contribution in [0.5, 0.6) is 5.75 Å². The van der Waals surface area contributed by atoms with E-state index in [0.717, 1.165) is 12.3 Å². The van der Waals surface area contributed by atoms with Crippen molar-refractivity contribution in [1.82, 2.24) is 4.90 Å². The fourth-order valence-corrected chi connectivity index (χ4v) is 2.81. The smallest absolute Gasteiger partial charge is 0.261 e. The molecule has 1 aromatic carbocycles. The molecule has 1 atom stereocenters. The Morgan fingerprint density at radius 1 is 1.43 bits per heavy atom. The van der Waals surface area contributed by atoms with Crippen molar-refractivity contribution in [2.24, 2.45) is 0 Å². The van der Waals surface area contributed by atoms with Gasteiger partial charge in [0.25, 0.3) is 5.91 Å². The van der Waals surface area contributed by atoms with Gasteiger partial charge in [0.05, 0.1) is 5.56 Å². The summed E-state index contributed by atoms with van der Waals surface area (Å²) >= 11 is 1.68. The molecule has 0 radical (unpaired) electrons. The van der Waals surface area contributed by atoms with Gasteiger partial charge in [-0.1, -0.05) is 23.9 Å². The molecule has 1 unspecified atom stereocenters. The third-order valence-electron chi connectivity index (χ3n) is 2.45. The van der Waals surface area contributed by atoms with Gasteiger partial charge in [0.15, 0.2) is 0 Å². The van der Waals surface area contributed by atoms with Crippen LogP contribution >= 0.6 is 11.8 Å². The van der Waals surface area contributed by atoms with Gasteiger partial charge in [-0.3, -0.25) is 9.69 Å². The highest BCUT2D eigenvalue weighted by Gasteiger charge is 2.37. The zero-order valence-corrected chi connectivity index (χ0v) is 8.29. The number of carbonyl (C=O) groups excluding carboxylic acids is 1. The second kappa shape index (κ2) is 2.92. The molecule has 72 valence electrons. The van der Waals surface area contributed by atoms with E-state index in [4.69, 9.17) is 4.74 Å². The number of benzene rings is 1. The molecular weight excluding hydrogens is 198 g/mol. The number of carbonyl (C=O) groups is 1. The number of nitrogens with zero attached hydrogens (tertiary/aromatic N) is 1. The Balaban J connectivity index is 2.08. The van der Waals surface area contributed by atoms with Crippen molar-refractivity contribution in [3.63, 3.8) is 0 Å². The molecule has 2 aliphatic heterocycles. The number of hydrogen-bond acceptors (Lipinski definition) is 3. The quantitative estimate of drug-likeness (QED) is 0.646. The van der Waals surface area contributed by atoms with Crippen LogP contribution in [0.2, 0.25) is 0 Å². The van der Waals surface area contributed by atoms with Crippen molar-refractivity contribution in [3.05, 3.63) is 29.8 Å². The molecule has 1 amide bonds. The van der Waals surface area contributed by atoms with Gasteiger partial charge < -0.3 is 4.74 Å². The van der Waals surface area contributed by atoms with Gasteiger partial charge in [0.2, 0.25) is 5.56 Å². The fourth-order valence-electron chi connectivity index (χ4n) is 1.75. The molecule has 14 heavy (non-hydrogen) atoms. The van der Waals surface area contributed by atoms with E-state index in [0.29, 0.717) is 11.3 Å². The van der Waals surface area contributed by atoms with Gasteiger partial charge in [-0.25, -0.2) is 0 Å². The summed E-state index contributed by atoms with van der Waals surface area (Å²) in [6, 6.07) is 7.42. The van der Waals surface area contributed by atoms with Crippen LogP contribution in [-0.2, 0) is 0 Å². The molecule has 0 aromatic heterocycles. The molecule has 2 aliphatic rings. The summed E-state index contributed by atoms with van der Waals surface area (Å²) < 4.78 is 5.69. The van der Waals surface area contributed by atoms with Crippen LogP contribution in [-0.4, -0.2) is 28.7 Å². The maximum absolute atomic E-state index is 11.9. The van der Waals surface area contributed by atoms with Crippen LogP contribution in [0.25, 0.3) is 0 Å². The highest BCUT2D eigenvalue weighted by atomic mass is 32.2. The third-order valence-corrected chi connectivity index (χ3v) is 3.51. The molecular formula is C10H9NO2S. The van der Waals surface area contributed by atoms with Gasteiger partial charge in [-0.15, -0.1) is 0 Å². The molecule has 0 spiro atoms. The minimum absolute atomic E-state index is 0.0989. The average Bonchev–Trinajstić information content (AvgIpc) is 2.66. The van der Waals surface area contributed by atoms with E-state index in [1.165, 1.54) is 0 Å². The van der Waals surface area contributed by atoms with E-state index in [-0.39, 0.29) is 11.5 Å². The first-order valence-electron chi connectivity index (χ1n) is 4.54. The maximum Gasteiger partial charge on any atom is 0.261 e. The average molecular weight is 207 g/mol. The Bertz CT molecular complexity index is 393. The van der Waals surface area contributed by atoms with Crippen molar-refractivity contribution < 1.29 is 9.53 Å². The Morgan fingerprint density at radius 3 is 3.21 bits per heavy atom. The number of fused-ring (bicyclic) bond motifs is 2. The fraction of sp³-hybridized carbons (Fsp3) is 0.300. The minimum atomic E-state index is -0.0996. The molecule has 2 heterocycles. The van der Waals surface area contributed by atoms with Crippen LogP contribution in [0.4, 0.5) is 0 Å². The van der Waals surface area contributed by atoms with Crippen LogP contribution in [0.1, 0.15) is 10.4 Å². The molecule has 1 saturated heterocycles. The standard InChI is InChI=1S/C10H9NO2S/c12-9-7-3-1-2-4-8(7)13-10-11(9)5-6-14-10/h1-4,10H,5-6H2. The monoisotopic (exact) mass is 207 g/mol. The predicted octanol–water partition coefficient (Wildman–Crippen LogP) is 1.55. The van der Waals surface area contributed by atoms with E-state index in [1.807, 2.05) is 24.3 Å². The second-order valence-electron chi connectivity index (χ2n) is 3.29. The third kappa shape index (κ3) is 1.04. The van der Waals surface area contributed by atoms with Crippen LogP contribution < -0.4 is 4.74 Å². The first kappa shape index (κ1) is 8.17. The van der Waals surface area contributed by atoms with Crippen LogP contribution in [0.15, 0.2) is 24.3 Å². The number of ether oxygens (including phenoxy) is 1. The first-order chi connectivity index (χ1) is 6.86. The Hall–Kier alpha value is -1.16. The van der Waals surface area contributed by atoms with Gasteiger partial charge >= 0.3 is 0 Å². The lowest BCUT2D eigenvalue weighted by Gasteiger charge is -2.30. The summed E-state index contributed by atoms with van der Waals surface area (Å²) in [5.41, 5.74) is 0.587. The van der Waals surface area contributed by atoms with Crippen molar-refractivity contribution in [1.29, 1.82) is 0 Å². The summed E-state index contributed by atoms with van der Waals surface area (Å²) in [4.78, 5) is 13.7. The van der Waals surface area contributed by atoms with Gasteiger partial charge in [-0.2, -0.15) is 0 Å². The zero-order valence-electron chi connectivity index (χ0n) is 7.47. The molecule has 0 aliphatic carbocycles. The van der Waals surface area contributed by atoms with E-state index < -0.39 is 0 Å². The number of amides is 1. The van der Waals surface area contributed by atoms with E-state index in [2.05, 4.69) is 0 Å². The Morgan fingerprint density at radius 2 is 2.29 bits per heavy atom. The lowest BCUT2D eigenvalue weighted by atomic mass is 10.1. The maximum atomic E-state index is 11.9. The summed E-state index contributed by atoms with van der Waals surface area (Å²) in [6.07, 6.45) is 0. The van der Waals surface area contributed by atoms with Crippen LogP contribution in [0.3, 0.4) is 0 Å². The molecule has 1 fully saturated rings. The highest BCUT2D eigenvalue weighted by molar-refractivity contribution is 8.00. The van der Waals surface area contributed by atoms with Gasteiger partial charge in [0, 0.05) is 12.3 Å². The normalized spacial score (nSPS) is 24.1. The topological polar surface area (TPSA) is 29.5 Å². The SMILES string of the molecule is O=C1c2ccccc2OC2SCCN12. The first-order valence-corrected chi connectivity index (χ1v) is 5.59. The largest absolute Gasteiger partial charge is 0.460 e. The van der Waals surface area contributed by atoms with Crippen molar-refractivity contribution in [3.8, 4) is 5.75 Å². The number of rotatable bonds is 0. The molecule has 3 rings (SSSR count). The van der Waals surface area contributed by atoms with Crippen molar-refractivity contribution >= 4 is 17.7 Å². The molecule has 0 saturated carbocycles. The summed E-state index contributed by atoms with van der Waals surface area (Å²) in [7, 11) is 0. The molecule has 0 bridgehead atoms. The lowest BCUT2D eigenvalue weighted by Crippen LogP contribution is -2.41.